The van der Waals surface area contributed by atoms with Crippen molar-refractivity contribution in [2.45, 2.75) is 17.2 Å². The van der Waals surface area contributed by atoms with Crippen LogP contribution in [0.4, 0.5) is 11.4 Å². The van der Waals surface area contributed by atoms with Gasteiger partial charge in [-0.15, -0.1) is 23.2 Å². The number of aliphatic imine (C=N–C) groups is 1. The van der Waals surface area contributed by atoms with Gasteiger partial charge in [0, 0.05) is 39.6 Å². The third-order valence-electron chi connectivity index (χ3n) is 4.86. The van der Waals surface area contributed by atoms with Crippen LogP contribution in [0.1, 0.15) is 18.4 Å². The van der Waals surface area contributed by atoms with E-state index in [2.05, 4.69) is 22.2 Å². The van der Waals surface area contributed by atoms with Crippen LogP contribution in [0.25, 0.3) is 0 Å². The zero-order valence-corrected chi connectivity index (χ0v) is 21.0. The van der Waals surface area contributed by atoms with Gasteiger partial charge in [0.25, 0.3) is 5.91 Å². The molecule has 2 aromatic rings. The topological polar surface area (TPSA) is 70.6 Å². The maximum absolute atomic E-state index is 12.9. The summed E-state index contributed by atoms with van der Waals surface area (Å²) in [5, 5.41) is 6.54. The summed E-state index contributed by atoms with van der Waals surface area (Å²) in [6.45, 7) is 5.44. The number of nitrogens with zero attached hydrogens (tertiary/aromatic N) is 1. The van der Waals surface area contributed by atoms with E-state index in [0.29, 0.717) is 27.0 Å². The van der Waals surface area contributed by atoms with E-state index in [-0.39, 0.29) is 10.6 Å². The second-order valence-electron chi connectivity index (χ2n) is 7.22. The fraction of sp³-hybridized carbons (Fsp3) is 0.174. The molecule has 0 radical (unpaired) electrons. The van der Waals surface area contributed by atoms with Gasteiger partial charge in [-0.05, 0) is 55.0 Å². The van der Waals surface area contributed by atoms with Crippen LogP contribution in [0.2, 0.25) is 15.1 Å². The van der Waals surface area contributed by atoms with E-state index in [9.17, 15) is 9.59 Å². The van der Waals surface area contributed by atoms with E-state index in [1.54, 1.807) is 43.5 Å². The molecule has 5 nitrogen and oxygen atoms in total. The maximum atomic E-state index is 12.9. The van der Waals surface area contributed by atoms with Crippen molar-refractivity contribution in [3.8, 4) is 0 Å². The molecule has 10 heteroatoms. The molecule has 172 valence electrons. The lowest BCUT2D eigenvalue weighted by molar-refractivity contribution is -0.117. The summed E-state index contributed by atoms with van der Waals surface area (Å²) in [6, 6.07) is 9.60. The summed E-state index contributed by atoms with van der Waals surface area (Å²) in [5.74, 6) is -2.08. The van der Waals surface area contributed by atoms with Crippen LogP contribution < -0.4 is 10.6 Å². The number of hydrogen-bond acceptors (Lipinski definition) is 3. The maximum Gasteiger partial charge on any atom is 0.255 e. The summed E-state index contributed by atoms with van der Waals surface area (Å²) < 4.78 is -1.31. The molecular weight excluding hydrogens is 528 g/mol. The molecule has 3 rings (SSSR count). The number of benzene rings is 2. The molecule has 1 fully saturated rings. The first-order chi connectivity index (χ1) is 15.5. The van der Waals surface area contributed by atoms with E-state index in [1.807, 2.05) is 0 Å². The number of carbonyl (C=O) groups excluding carboxylic acids is 2. The van der Waals surface area contributed by atoms with Crippen LogP contribution in [0.15, 0.2) is 65.8 Å². The number of nitrogens with one attached hydrogen (secondary N) is 2. The van der Waals surface area contributed by atoms with E-state index in [0.717, 1.165) is 0 Å². The number of amides is 2. The molecule has 0 bridgehead atoms. The second kappa shape index (κ2) is 10.5. The van der Waals surface area contributed by atoms with Gasteiger partial charge in [0.1, 0.15) is 4.33 Å². The number of halogens is 5. The minimum absolute atomic E-state index is 0.182. The Balaban J connectivity index is 1.73. The van der Waals surface area contributed by atoms with Crippen molar-refractivity contribution in [3.05, 3.63) is 81.5 Å². The summed E-state index contributed by atoms with van der Waals surface area (Å²) in [6.07, 6.45) is 4.49. The quantitative estimate of drug-likeness (QED) is 0.166. The van der Waals surface area contributed by atoms with Gasteiger partial charge in [-0.1, -0.05) is 41.4 Å². The Hall–Kier alpha value is -2.02. The molecule has 1 saturated carbocycles. The Labute approximate surface area is 216 Å². The molecular formula is C23H18Cl5N3O2. The molecule has 1 aliphatic rings. The molecule has 0 aliphatic heterocycles. The standard InChI is InChI=1S/C23H18Cl5N3O2/c1-3-29-7-6-12(2)21(32)31-18-11-16(4-5-17(18)26)30-22(33)20-19(23(20,27)28)13-8-14(24)10-15(25)9-13/h3-11,19-20H,2H2,1H3,(H,30,33)(H,31,32)/b7-6-,29-3?. The van der Waals surface area contributed by atoms with Gasteiger partial charge in [-0.3, -0.25) is 14.6 Å². The molecule has 0 spiro atoms. The van der Waals surface area contributed by atoms with Gasteiger partial charge in [-0.25, -0.2) is 0 Å². The first kappa shape index (κ1) is 25.6. The van der Waals surface area contributed by atoms with Crippen LogP contribution in [0.5, 0.6) is 0 Å². The molecule has 0 aromatic heterocycles. The molecule has 2 amide bonds. The lowest BCUT2D eigenvalue weighted by atomic mass is 10.1. The molecule has 2 aromatic carbocycles. The molecule has 0 saturated heterocycles. The van der Waals surface area contributed by atoms with E-state index < -0.39 is 28.0 Å². The van der Waals surface area contributed by atoms with E-state index in [4.69, 9.17) is 58.0 Å². The number of alkyl halides is 2. The van der Waals surface area contributed by atoms with Crippen molar-refractivity contribution in [1.29, 1.82) is 0 Å². The van der Waals surface area contributed by atoms with E-state index >= 15 is 0 Å². The van der Waals surface area contributed by atoms with Crippen molar-refractivity contribution in [2.24, 2.45) is 10.9 Å². The Morgan fingerprint density at radius 2 is 1.73 bits per heavy atom. The SMILES string of the molecule is C=C(/C=C\N=CC)C(=O)Nc1cc(NC(=O)C2C(c3cc(Cl)cc(Cl)c3)C2(Cl)Cl)ccc1Cl. The molecule has 1 aliphatic carbocycles. The van der Waals surface area contributed by atoms with Crippen LogP contribution >= 0.6 is 58.0 Å². The number of carbonyl (C=O) groups is 2. The van der Waals surface area contributed by atoms with Gasteiger partial charge < -0.3 is 10.6 Å². The third-order valence-corrected chi connectivity index (χ3v) is 6.57. The first-order valence-electron chi connectivity index (χ1n) is 9.63. The smallest absolute Gasteiger partial charge is 0.255 e. The third kappa shape index (κ3) is 6.11. The highest BCUT2D eigenvalue weighted by Crippen LogP contribution is 2.65. The molecule has 2 N–H and O–H groups in total. The Morgan fingerprint density at radius 1 is 1.06 bits per heavy atom. The summed E-state index contributed by atoms with van der Waals surface area (Å²) in [7, 11) is 0. The second-order valence-corrected chi connectivity index (χ2v) is 9.94. The predicted octanol–water partition coefficient (Wildman–Crippen LogP) is 7.27. The molecule has 2 unspecified atom stereocenters. The zero-order valence-electron chi connectivity index (χ0n) is 17.2. The van der Waals surface area contributed by atoms with Crippen LogP contribution in [-0.2, 0) is 9.59 Å². The van der Waals surface area contributed by atoms with Crippen molar-refractivity contribution >= 4 is 87.4 Å². The highest BCUT2D eigenvalue weighted by atomic mass is 35.5. The summed E-state index contributed by atoms with van der Waals surface area (Å²) in [5.41, 5.74) is 1.54. The summed E-state index contributed by atoms with van der Waals surface area (Å²) >= 11 is 31.1. The van der Waals surface area contributed by atoms with Gasteiger partial charge in [-0.2, -0.15) is 0 Å². The highest BCUT2D eigenvalue weighted by molar-refractivity contribution is 6.53. The predicted molar refractivity (Wildman–Crippen MR) is 138 cm³/mol. The van der Waals surface area contributed by atoms with Gasteiger partial charge in [0.05, 0.1) is 16.6 Å². The highest BCUT2D eigenvalue weighted by Gasteiger charge is 2.67. The van der Waals surface area contributed by atoms with Gasteiger partial charge >= 0.3 is 0 Å². The number of rotatable bonds is 7. The average molecular weight is 546 g/mol. The minimum Gasteiger partial charge on any atom is -0.326 e. The van der Waals surface area contributed by atoms with Gasteiger partial charge in [0.15, 0.2) is 0 Å². The van der Waals surface area contributed by atoms with E-state index in [1.165, 1.54) is 18.3 Å². The average Bonchev–Trinajstić information content (AvgIpc) is 3.32. The Bertz CT molecular complexity index is 1160. The van der Waals surface area contributed by atoms with Crippen molar-refractivity contribution in [3.63, 3.8) is 0 Å². The molecule has 0 heterocycles. The number of hydrogen-bond donors (Lipinski definition) is 2. The van der Waals surface area contributed by atoms with Crippen molar-refractivity contribution < 1.29 is 9.59 Å². The van der Waals surface area contributed by atoms with Crippen LogP contribution in [0, 0.1) is 5.92 Å². The minimum atomic E-state index is -1.31. The van der Waals surface area contributed by atoms with Crippen LogP contribution in [0.3, 0.4) is 0 Å². The molecule has 2 atom stereocenters. The lowest BCUT2D eigenvalue weighted by Gasteiger charge is -2.11. The largest absolute Gasteiger partial charge is 0.326 e. The van der Waals surface area contributed by atoms with Crippen molar-refractivity contribution in [2.75, 3.05) is 10.6 Å². The summed E-state index contributed by atoms with van der Waals surface area (Å²) in [4.78, 5) is 29.1. The van der Waals surface area contributed by atoms with Crippen LogP contribution in [-0.4, -0.2) is 22.4 Å². The monoisotopic (exact) mass is 543 g/mol. The lowest BCUT2D eigenvalue weighted by Crippen LogP contribution is -2.18. The Morgan fingerprint density at radius 3 is 2.36 bits per heavy atom. The number of anilines is 2. The fourth-order valence-corrected chi connectivity index (χ4v) is 4.77. The first-order valence-corrected chi connectivity index (χ1v) is 11.5. The fourth-order valence-electron chi connectivity index (χ4n) is 3.24. The van der Waals surface area contributed by atoms with Crippen molar-refractivity contribution in [1.82, 2.24) is 0 Å². The molecule has 33 heavy (non-hydrogen) atoms. The zero-order chi connectivity index (χ0) is 24.3. The normalized spacial score (nSPS) is 19.0. The Kier molecular flexibility index (Phi) is 8.14. The van der Waals surface area contributed by atoms with Gasteiger partial charge in [0.2, 0.25) is 5.91 Å².